The standard InChI is InChI=1S/C17H19FN2O.C12H11F2NO.C2H6/c18-14-5-6-17-16(9-14)15(7-8-20-17)13-3-1-12(2-4-13)10-19-11-21;1-7-5-15-6-10(7)9-3-8(13)4-11(16-2)12(9)14;1-2/h5-9,11-13H,1-4,10H2,(H,19,21);3-6,15H,1-2H3;1-2H3. The number of nitrogens with one attached hydrogen (secondary N) is 2. The number of hydrogen-bond donors (Lipinski definition) is 2. The third kappa shape index (κ3) is 7.40. The number of nitrogens with zero attached hydrogens (tertiary/aromatic N) is 1. The van der Waals surface area contributed by atoms with Crippen LogP contribution in [0.1, 0.15) is 56.6 Å². The Morgan fingerprint density at radius 2 is 1.74 bits per heavy atom. The van der Waals surface area contributed by atoms with Crippen LogP contribution >= 0.6 is 0 Å². The lowest BCUT2D eigenvalue weighted by atomic mass is 9.78. The number of aromatic nitrogens is 2. The monoisotopic (exact) mass is 539 g/mol. The molecule has 208 valence electrons. The summed E-state index contributed by atoms with van der Waals surface area (Å²) in [7, 11) is 1.31. The Labute approximate surface area is 227 Å². The predicted octanol–water partition coefficient (Wildman–Crippen LogP) is 7.70. The maximum absolute atomic E-state index is 13.9. The maximum Gasteiger partial charge on any atom is 0.207 e. The van der Waals surface area contributed by atoms with Crippen LogP contribution in [0, 0.1) is 30.3 Å². The lowest BCUT2D eigenvalue weighted by Gasteiger charge is -2.29. The van der Waals surface area contributed by atoms with Crippen LogP contribution in [0.15, 0.2) is 55.0 Å². The van der Waals surface area contributed by atoms with Gasteiger partial charge in [-0.15, -0.1) is 0 Å². The van der Waals surface area contributed by atoms with Gasteiger partial charge in [0, 0.05) is 47.7 Å². The summed E-state index contributed by atoms with van der Waals surface area (Å²) in [5.74, 6) is -0.335. The smallest absolute Gasteiger partial charge is 0.207 e. The molecule has 5 rings (SSSR count). The molecule has 2 N–H and O–H groups in total. The van der Waals surface area contributed by atoms with Gasteiger partial charge >= 0.3 is 0 Å². The van der Waals surface area contributed by atoms with Crippen LogP contribution < -0.4 is 10.1 Å². The molecule has 2 aromatic carbocycles. The number of amides is 1. The Hall–Kier alpha value is -3.81. The first-order chi connectivity index (χ1) is 18.9. The SMILES string of the molecule is CC.COc1cc(F)cc(-c2c[nH]cc2C)c1F.O=CNCC1CCC(c2ccnc3ccc(F)cc23)CC1. The van der Waals surface area contributed by atoms with Gasteiger partial charge in [-0.1, -0.05) is 13.8 Å². The second-order valence-corrected chi connectivity index (χ2v) is 9.33. The molecule has 0 radical (unpaired) electrons. The van der Waals surface area contributed by atoms with E-state index in [1.54, 1.807) is 24.5 Å². The van der Waals surface area contributed by atoms with E-state index in [0.717, 1.165) is 67.2 Å². The molecule has 0 spiro atoms. The molecule has 1 fully saturated rings. The molecular formula is C31H36F3N3O2. The summed E-state index contributed by atoms with van der Waals surface area (Å²) in [6.07, 6.45) is 10.3. The van der Waals surface area contributed by atoms with Crippen molar-refractivity contribution in [3.8, 4) is 16.9 Å². The number of carbonyl (C=O) groups is 1. The summed E-state index contributed by atoms with van der Waals surface area (Å²) in [5.41, 5.74) is 3.76. The third-order valence-corrected chi connectivity index (χ3v) is 6.98. The fraction of sp³-hybridized carbons (Fsp3) is 0.355. The highest BCUT2D eigenvalue weighted by atomic mass is 19.1. The number of fused-ring (bicyclic) bond motifs is 1. The maximum atomic E-state index is 13.9. The summed E-state index contributed by atoms with van der Waals surface area (Å²) in [5, 5.41) is 3.71. The number of methoxy groups -OCH3 is 1. The summed E-state index contributed by atoms with van der Waals surface area (Å²) in [6.45, 7) is 6.59. The highest BCUT2D eigenvalue weighted by Crippen LogP contribution is 2.38. The zero-order chi connectivity index (χ0) is 28.4. The topological polar surface area (TPSA) is 67.0 Å². The Kier molecular flexibility index (Phi) is 11.0. The van der Waals surface area contributed by atoms with Crippen LogP contribution in [0.25, 0.3) is 22.0 Å². The van der Waals surface area contributed by atoms with E-state index in [-0.39, 0.29) is 17.1 Å². The number of halogens is 3. The van der Waals surface area contributed by atoms with Gasteiger partial charge in [0.2, 0.25) is 6.41 Å². The van der Waals surface area contributed by atoms with Crippen molar-refractivity contribution in [3.63, 3.8) is 0 Å². The van der Waals surface area contributed by atoms with Gasteiger partial charge in [-0.2, -0.15) is 0 Å². The van der Waals surface area contributed by atoms with Crippen molar-refractivity contribution in [2.45, 2.75) is 52.4 Å². The van der Waals surface area contributed by atoms with Crippen molar-refractivity contribution >= 4 is 17.3 Å². The van der Waals surface area contributed by atoms with Crippen LogP contribution in [0.2, 0.25) is 0 Å². The molecular weight excluding hydrogens is 503 g/mol. The second kappa shape index (κ2) is 14.4. The first kappa shape index (κ1) is 29.7. The first-order valence-corrected chi connectivity index (χ1v) is 13.3. The molecule has 39 heavy (non-hydrogen) atoms. The average Bonchev–Trinajstić information content (AvgIpc) is 3.39. The number of benzene rings is 2. The van der Waals surface area contributed by atoms with Crippen LogP contribution in [0.5, 0.6) is 5.75 Å². The van der Waals surface area contributed by atoms with E-state index in [4.69, 9.17) is 4.74 Å². The minimum absolute atomic E-state index is 0.0874. The van der Waals surface area contributed by atoms with Crippen molar-refractivity contribution in [2.75, 3.05) is 13.7 Å². The number of carbonyl (C=O) groups excluding carboxylic acids is 1. The van der Waals surface area contributed by atoms with Gasteiger partial charge in [-0.25, -0.2) is 13.2 Å². The highest BCUT2D eigenvalue weighted by Gasteiger charge is 2.23. The van der Waals surface area contributed by atoms with Gasteiger partial charge in [0.15, 0.2) is 11.6 Å². The van der Waals surface area contributed by atoms with E-state index >= 15 is 0 Å². The van der Waals surface area contributed by atoms with E-state index in [2.05, 4.69) is 15.3 Å². The molecule has 0 saturated heterocycles. The fourth-order valence-electron chi connectivity index (χ4n) is 5.03. The van der Waals surface area contributed by atoms with Crippen molar-refractivity contribution in [3.05, 3.63) is 83.6 Å². The number of aryl methyl sites for hydroxylation is 1. The van der Waals surface area contributed by atoms with Gasteiger partial charge in [-0.3, -0.25) is 9.78 Å². The largest absolute Gasteiger partial charge is 0.494 e. The average molecular weight is 540 g/mol. The molecule has 1 aliphatic carbocycles. The lowest BCUT2D eigenvalue weighted by Crippen LogP contribution is -2.25. The van der Waals surface area contributed by atoms with Gasteiger partial charge in [-0.05, 0) is 85.9 Å². The molecule has 0 unspecified atom stereocenters. The number of H-pyrrole nitrogens is 1. The number of aromatic amines is 1. The molecule has 8 heteroatoms. The molecule has 0 atom stereocenters. The molecule has 1 saturated carbocycles. The van der Waals surface area contributed by atoms with Gasteiger partial charge in [0.1, 0.15) is 11.6 Å². The van der Waals surface area contributed by atoms with Crippen molar-refractivity contribution in [1.82, 2.24) is 15.3 Å². The summed E-state index contributed by atoms with van der Waals surface area (Å²) in [4.78, 5) is 17.5. The predicted molar refractivity (Wildman–Crippen MR) is 149 cm³/mol. The third-order valence-electron chi connectivity index (χ3n) is 6.98. The highest BCUT2D eigenvalue weighted by molar-refractivity contribution is 5.82. The minimum atomic E-state index is -0.549. The van der Waals surface area contributed by atoms with E-state index < -0.39 is 11.6 Å². The van der Waals surface area contributed by atoms with Gasteiger partial charge in [0.05, 0.1) is 12.6 Å². The molecule has 5 nitrogen and oxygen atoms in total. The van der Waals surface area contributed by atoms with Crippen LogP contribution in [-0.4, -0.2) is 30.0 Å². The van der Waals surface area contributed by atoms with Crippen LogP contribution in [0.4, 0.5) is 13.2 Å². The second-order valence-electron chi connectivity index (χ2n) is 9.33. The van der Waals surface area contributed by atoms with Gasteiger partial charge in [0.25, 0.3) is 0 Å². The quantitative estimate of drug-likeness (QED) is 0.247. The number of pyridine rings is 1. The molecule has 1 amide bonds. The minimum Gasteiger partial charge on any atom is -0.494 e. The van der Waals surface area contributed by atoms with Gasteiger partial charge < -0.3 is 15.0 Å². The normalized spacial score (nSPS) is 16.4. The van der Waals surface area contributed by atoms with Crippen LogP contribution in [0.3, 0.4) is 0 Å². The van der Waals surface area contributed by atoms with E-state index in [1.165, 1.54) is 18.7 Å². The Morgan fingerprint density at radius 3 is 2.38 bits per heavy atom. The molecule has 0 bridgehead atoms. The van der Waals surface area contributed by atoms with Crippen molar-refractivity contribution < 1.29 is 22.7 Å². The zero-order valence-electron chi connectivity index (χ0n) is 22.9. The Balaban J connectivity index is 0.000000210. The Bertz CT molecular complexity index is 1360. The molecule has 1 aliphatic rings. The fourth-order valence-corrected chi connectivity index (χ4v) is 5.03. The van der Waals surface area contributed by atoms with E-state index in [9.17, 15) is 18.0 Å². The van der Waals surface area contributed by atoms with E-state index in [1.807, 2.05) is 33.0 Å². The summed E-state index contributed by atoms with van der Waals surface area (Å²) in [6, 6.07) is 9.01. The van der Waals surface area contributed by atoms with E-state index in [0.29, 0.717) is 17.4 Å². The number of rotatable bonds is 6. The van der Waals surface area contributed by atoms with Crippen molar-refractivity contribution in [1.29, 1.82) is 0 Å². The summed E-state index contributed by atoms with van der Waals surface area (Å²) >= 11 is 0. The van der Waals surface area contributed by atoms with Crippen LogP contribution in [-0.2, 0) is 4.79 Å². The number of ether oxygens (including phenoxy) is 1. The zero-order valence-corrected chi connectivity index (χ0v) is 22.9. The Morgan fingerprint density at radius 1 is 1.00 bits per heavy atom. The number of hydrogen-bond acceptors (Lipinski definition) is 3. The lowest BCUT2D eigenvalue weighted by molar-refractivity contribution is -0.109. The summed E-state index contributed by atoms with van der Waals surface area (Å²) < 4.78 is 45.4. The molecule has 2 aromatic heterocycles. The first-order valence-electron chi connectivity index (χ1n) is 13.3. The van der Waals surface area contributed by atoms with Crippen molar-refractivity contribution in [2.24, 2.45) is 5.92 Å². The molecule has 4 aromatic rings. The molecule has 2 heterocycles. The molecule has 0 aliphatic heterocycles.